The van der Waals surface area contributed by atoms with Crippen LogP contribution in [0.15, 0.2) is 66.9 Å². The maximum absolute atomic E-state index is 12.6. The minimum atomic E-state index is -0.374. The lowest BCUT2D eigenvalue weighted by atomic mass is 9.86. The summed E-state index contributed by atoms with van der Waals surface area (Å²) in [5.74, 6) is 1.88. The van der Waals surface area contributed by atoms with Crippen LogP contribution in [0.1, 0.15) is 52.0 Å². The van der Waals surface area contributed by atoms with E-state index in [1.165, 1.54) is 12.8 Å². The second-order valence-electron chi connectivity index (χ2n) is 9.33. The van der Waals surface area contributed by atoms with Crippen molar-refractivity contribution in [1.82, 2.24) is 4.98 Å². The van der Waals surface area contributed by atoms with Crippen molar-refractivity contribution in [2.45, 2.75) is 58.0 Å². The zero-order valence-corrected chi connectivity index (χ0v) is 19.4. The zero-order chi connectivity index (χ0) is 23.3. The molecule has 1 heterocycles. The van der Waals surface area contributed by atoms with E-state index in [-0.39, 0.29) is 11.4 Å². The average Bonchev–Trinajstić information content (AvgIpc) is 3.29. The number of nitrogens with one attached hydrogen (secondary N) is 2. The van der Waals surface area contributed by atoms with E-state index in [0.717, 1.165) is 24.2 Å². The first-order chi connectivity index (χ1) is 15.9. The normalized spacial score (nSPS) is 14.0. The average molecular weight is 446 g/mol. The largest absolute Gasteiger partial charge is 0.490 e. The van der Waals surface area contributed by atoms with Gasteiger partial charge in [-0.05, 0) is 73.6 Å². The summed E-state index contributed by atoms with van der Waals surface area (Å²) >= 11 is 0. The zero-order valence-electron chi connectivity index (χ0n) is 19.4. The number of carbonyl (C=O) groups excluding carboxylic acids is 1. The number of pyridine rings is 1. The molecule has 1 saturated carbocycles. The minimum absolute atomic E-state index is 0.0933. The highest BCUT2D eigenvalue weighted by Gasteiger charge is 2.20. The molecular formula is C27H31N3O3. The van der Waals surface area contributed by atoms with Gasteiger partial charge >= 0.3 is 6.03 Å². The van der Waals surface area contributed by atoms with Crippen LogP contribution in [0, 0.1) is 0 Å². The van der Waals surface area contributed by atoms with E-state index in [9.17, 15) is 4.79 Å². The summed E-state index contributed by atoms with van der Waals surface area (Å²) in [5.41, 5.74) is 2.13. The van der Waals surface area contributed by atoms with Gasteiger partial charge in [-0.2, -0.15) is 0 Å². The van der Waals surface area contributed by atoms with Gasteiger partial charge in [-0.3, -0.25) is 0 Å². The molecule has 1 fully saturated rings. The Morgan fingerprint density at radius 3 is 2.39 bits per heavy atom. The number of rotatable bonds is 6. The Bertz CT molecular complexity index is 1080. The number of hydrogen-bond acceptors (Lipinski definition) is 4. The van der Waals surface area contributed by atoms with Crippen LogP contribution in [-0.2, 0) is 5.41 Å². The molecule has 2 N–H and O–H groups in total. The van der Waals surface area contributed by atoms with Crippen LogP contribution in [0.2, 0.25) is 0 Å². The van der Waals surface area contributed by atoms with Gasteiger partial charge in [0.15, 0.2) is 0 Å². The first-order valence-corrected chi connectivity index (χ1v) is 11.5. The fraction of sp³-hybridized carbons (Fsp3) is 0.333. The lowest BCUT2D eigenvalue weighted by Gasteiger charge is -2.22. The van der Waals surface area contributed by atoms with Crippen LogP contribution < -0.4 is 20.1 Å². The fourth-order valence-electron chi connectivity index (χ4n) is 3.95. The number of carbonyl (C=O) groups is 1. The minimum Gasteiger partial charge on any atom is -0.490 e. The molecule has 0 saturated heterocycles. The number of hydrogen-bond donors (Lipinski definition) is 2. The van der Waals surface area contributed by atoms with E-state index in [1.807, 2.05) is 48.5 Å². The molecule has 0 aliphatic heterocycles. The predicted octanol–water partition coefficient (Wildman–Crippen LogP) is 7.14. The van der Waals surface area contributed by atoms with Crippen molar-refractivity contribution in [1.29, 1.82) is 0 Å². The SMILES string of the molecule is CC(C)(C)c1ccccc1Oc1ncccc1NC(=O)Nc1ccc(OC2CCCC2)cc1. The third-order valence-electron chi connectivity index (χ3n) is 5.64. The molecule has 0 bridgehead atoms. The molecule has 0 spiro atoms. The molecule has 0 unspecified atom stereocenters. The Balaban J connectivity index is 1.41. The molecule has 2 aromatic carbocycles. The van der Waals surface area contributed by atoms with E-state index in [1.54, 1.807) is 18.3 Å². The molecule has 1 aromatic heterocycles. The molecule has 2 amide bonds. The Kier molecular flexibility index (Phi) is 6.82. The Hall–Kier alpha value is -3.54. The van der Waals surface area contributed by atoms with Gasteiger partial charge in [0.1, 0.15) is 17.2 Å². The van der Waals surface area contributed by atoms with Crippen molar-refractivity contribution >= 4 is 17.4 Å². The van der Waals surface area contributed by atoms with E-state index < -0.39 is 0 Å². The number of amides is 2. The topological polar surface area (TPSA) is 72.5 Å². The molecule has 3 aromatic rings. The Morgan fingerprint density at radius 1 is 0.939 bits per heavy atom. The summed E-state index contributed by atoms with van der Waals surface area (Å²) in [6.07, 6.45) is 6.62. The molecule has 4 rings (SSSR count). The van der Waals surface area contributed by atoms with E-state index in [4.69, 9.17) is 9.47 Å². The molecule has 0 radical (unpaired) electrons. The fourth-order valence-corrected chi connectivity index (χ4v) is 3.95. The Labute approximate surface area is 195 Å². The highest BCUT2D eigenvalue weighted by molar-refractivity contribution is 6.00. The lowest BCUT2D eigenvalue weighted by Crippen LogP contribution is -2.20. The molecular weight excluding hydrogens is 414 g/mol. The smallest absolute Gasteiger partial charge is 0.323 e. The summed E-state index contributed by atoms with van der Waals surface area (Å²) < 4.78 is 12.1. The van der Waals surface area contributed by atoms with Crippen LogP contribution in [0.25, 0.3) is 0 Å². The second kappa shape index (κ2) is 9.94. The summed E-state index contributed by atoms with van der Waals surface area (Å²) in [6, 6.07) is 18.5. The number of para-hydroxylation sites is 1. The highest BCUT2D eigenvalue weighted by atomic mass is 16.5. The number of anilines is 2. The van der Waals surface area contributed by atoms with Gasteiger partial charge in [-0.15, -0.1) is 0 Å². The molecule has 1 aliphatic carbocycles. The van der Waals surface area contributed by atoms with Crippen LogP contribution in [0.3, 0.4) is 0 Å². The highest BCUT2D eigenvalue weighted by Crippen LogP contribution is 2.35. The van der Waals surface area contributed by atoms with Gasteiger partial charge in [0.05, 0.1) is 6.10 Å². The third kappa shape index (κ3) is 6.04. The van der Waals surface area contributed by atoms with Crippen molar-refractivity contribution in [2.75, 3.05) is 10.6 Å². The number of urea groups is 1. The molecule has 0 atom stereocenters. The number of nitrogens with zero attached hydrogens (tertiary/aromatic N) is 1. The molecule has 1 aliphatic rings. The number of benzene rings is 2. The van der Waals surface area contributed by atoms with E-state index in [0.29, 0.717) is 29.1 Å². The summed E-state index contributed by atoms with van der Waals surface area (Å²) in [6.45, 7) is 6.39. The maximum Gasteiger partial charge on any atom is 0.323 e. The monoisotopic (exact) mass is 445 g/mol. The quantitative estimate of drug-likeness (QED) is 0.423. The lowest BCUT2D eigenvalue weighted by molar-refractivity contribution is 0.210. The molecule has 6 nitrogen and oxygen atoms in total. The summed E-state index contributed by atoms with van der Waals surface area (Å²) in [5, 5.41) is 5.69. The maximum atomic E-state index is 12.6. The Morgan fingerprint density at radius 2 is 1.67 bits per heavy atom. The van der Waals surface area contributed by atoms with Gasteiger partial charge < -0.3 is 20.1 Å². The predicted molar refractivity (Wildman–Crippen MR) is 131 cm³/mol. The van der Waals surface area contributed by atoms with Crippen molar-refractivity contribution < 1.29 is 14.3 Å². The van der Waals surface area contributed by atoms with E-state index >= 15 is 0 Å². The number of aromatic nitrogens is 1. The van der Waals surface area contributed by atoms with Crippen molar-refractivity contribution in [3.8, 4) is 17.4 Å². The van der Waals surface area contributed by atoms with Crippen LogP contribution in [0.4, 0.5) is 16.2 Å². The first-order valence-electron chi connectivity index (χ1n) is 11.5. The second-order valence-corrected chi connectivity index (χ2v) is 9.33. The van der Waals surface area contributed by atoms with Gasteiger partial charge in [-0.1, -0.05) is 39.0 Å². The van der Waals surface area contributed by atoms with Crippen LogP contribution in [-0.4, -0.2) is 17.1 Å². The van der Waals surface area contributed by atoms with E-state index in [2.05, 4.69) is 36.4 Å². The van der Waals surface area contributed by atoms with Crippen molar-refractivity contribution in [3.63, 3.8) is 0 Å². The third-order valence-corrected chi connectivity index (χ3v) is 5.64. The molecule has 6 heteroatoms. The van der Waals surface area contributed by atoms with Gasteiger partial charge in [0.25, 0.3) is 0 Å². The van der Waals surface area contributed by atoms with Crippen LogP contribution >= 0.6 is 0 Å². The number of ether oxygens (including phenoxy) is 2. The standard InChI is InChI=1S/C27H31N3O3/c1-27(2,3)22-11-6-7-13-24(22)33-25-23(12-8-18-28-25)30-26(31)29-19-14-16-21(17-15-19)32-20-9-4-5-10-20/h6-8,11-18,20H,4-5,9-10H2,1-3H3,(H2,29,30,31). The molecule has 172 valence electrons. The first kappa shape index (κ1) is 22.6. The van der Waals surface area contributed by atoms with Gasteiger partial charge in [0, 0.05) is 17.4 Å². The van der Waals surface area contributed by atoms with Crippen molar-refractivity contribution in [3.05, 3.63) is 72.4 Å². The van der Waals surface area contributed by atoms with Gasteiger partial charge in [0.2, 0.25) is 5.88 Å². The van der Waals surface area contributed by atoms with Gasteiger partial charge in [-0.25, -0.2) is 9.78 Å². The summed E-state index contributed by atoms with van der Waals surface area (Å²) in [7, 11) is 0. The van der Waals surface area contributed by atoms with Crippen molar-refractivity contribution in [2.24, 2.45) is 0 Å². The molecule has 33 heavy (non-hydrogen) atoms. The summed E-state index contributed by atoms with van der Waals surface area (Å²) in [4.78, 5) is 17.0. The van der Waals surface area contributed by atoms with Crippen LogP contribution in [0.5, 0.6) is 17.4 Å².